The molecule has 0 spiro atoms. The minimum atomic E-state index is -0.735. The molecule has 0 aliphatic rings. The number of hydrogen-bond donors (Lipinski definition) is 0. The van der Waals surface area contributed by atoms with E-state index in [1.807, 2.05) is 30.3 Å². The lowest BCUT2D eigenvalue weighted by Gasteiger charge is -2.19. The van der Waals surface area contributed by atoms with Crippen molar-refractivity contribution in [2.24, 2.45) is 0 Å². The van der Waals surface area contributed by atoms with E-state index in [1.54, 1.807) is 20.8 Å². The molecule has 0 N–H and O–H groups in total. The Morgan fingerprint density at radius 1 is 1.19 bits per heavy atom. The van der Waals surface area contributed by atoms with Gasteiger partial charge in [-0.3, -0.25) is 0 Å². The van der Waals surface area contributed by atoms with Crippen LogP contribution in [0.15, 0.2) is 36.9 Å². The lowest BCUT2D eigenvalue weighted by Crippen LogP contribution is -2.24. The SMILES string of the molecule is C=C(OC(=O)OC(C)(C)C)c1ccccc1. The van der Waals surface area contributed by atoms with Crippen LogP contribution in [0.25, 0.3) is 5.76 Å². The number of benzene rings is 1. The summed E-state index contributed by atoms with van der Waals surface area (Å²) in [6.45, 7) is 9.00. The third kappa shape index (κ3) is 4.17. The molecule has 3 heteroatoms. The molecule has 0 amide bonds. The first kappa shape index (κ1) is 12.3. The highest BCUT2D eigenvalue weighted by Crippen LogP contribution is 2.16. The van der Waals surface area contributed by atoms with Crippen molar-refractivity contribution in [3.63, 3.8) is 0 Å². The van der Waals surface area contributed by atoms with Gasteiger partial charge in [-0.15, -0.1) is 0 Å². The van der Waals surface area contributed by atoms with Gasteiger partial charge in [-0.1, -0.05) is 36.9 Å². The summed E-state index contributed by atoms with van der Waals surface area (Å²) in [7, 11) is 0. The Morgan fingerprint density at radius 2 is 1.75 bits per heavy atom. The predicted molar refractivity (Wildman–Crippen MR) is 62.8 cm³/mol. The van der Waals surface area contributed by atoms with Gasteiger partial charge in [-0.25, -0.2) is 4.79 Å². The van der Waals surface area contributed by atoms with Crippen LogP contribution >= 0.6 is 0 Å². The summed E-state index contributed by atoms with van der Waals surface area (Å²) in [5, 5.41) is 0. The summed E-state index contributed by atoms with van der Waals surface area (Å²) >= 11 is 0. The van der Waals surface area contributed by atoms with Crippen molar-refractivity contribution in [1.29, 1.82) is 0 Å². The van der Waals surface area contributed by atoms with E-state index in [1.165, 1.54) is 0 Å². The number of hydrogen-bond acceptors (Lipinski definition) is 3. The van der Waals surface area contributed by atoms with Crippen molar-refractivity contribution >= 4 is 11.9 Å². The third-order valence-electron chi connectivity index (χ3n) is 1.69. The normalized spacial score (nSPS) is 10.7. The van der Waals surface area contributed by atoms with Crippen LogP contribution in [0, 0.1) is 0 Å². The van der Waals surface area contributed by atoms with E-state index in [0.29, 0.717) is 0 Å². The van der Waals surface area contributed by atoms with Crippen LogP contribution in [-0.2, 0) is 9.47 Å². The smallest absolute Gasteiger partial charge is 0.428 e. The predicted octanol–water partition coefficient (Wildman–Crippen LogP) is 3.61. The Labute approximate surface area is 95.7 Å². The Kier molecular flexibility index (Phi) is 3.72. The summed E-state index contributed by atoms with van der Waals surface area (Å²) < 4.78 is 9.96. The second-order valence-corrected chi connectivity index (χ2v) is 4.36. The van der Waals surface area contributed by atoms with Gasteiger partial charge in [-0.05, 0) is 20.8 Å². The average molecular weight is 220 g/mol. The first-order chi connectivity index (χ1) is 7.38. The van der Waals surface area contributed by atoms with E-state index in [0.717, 1.165) is 5.56 Å². The number of rotatable bonds is 2. The number of carbonyl (C=O) groups excluding carboxylic acids is 1. The molecular formula is C13H16O3. The van der Waals surface area contributed by atoms with Crippen molar-refractivity contribution in [2.75, 3.05) is 0 Å². The Balaban J connectivity index is 2.56. The van der Waals surface area contributed by atoms with E-state index >= 15 is 0 Å². The Morgan fingerprint density at radius 3 is 2.25 bits per heavy atom. The van der Waals surface area contributed by atoms with Crippen LogP contribution < -0.4 is 0 Å². The molecule has 0 saturated heterocycles. The maximum absolute atomic E-state index is 11.3. The first-order valence-electron chi connectivity index (χ1n) is 5.03. The zero-order valence-electron chi connectivity index (χ0n) is 9.82. The molecular weight excluding hydrogens is 204 g/mol. The first-order valence-corrected chi connectivity index (χ1v) is 5.03. The molecule has 0 radical (unpaired) electrons. The van der Waals surface area contributed by atoms with Gasteiger partial charge in [0.1, 0.15) is 11.4 Å². The van der Waals surface area contributed by atoms with Crippen molar-refractivity contribution in [1.82, 2.24) is 0 Å². The molecule has 16 heavy (non-hydrogen) atoms. The maximum Gasteiger partial charge on any atom is 0.514 e. The molecule has 86 valence electrons. The number of carbonyl (C=O) groups is 1. The van der Waals surface area contributed by atoms with Gasteiger partial charge in [0.2, 0.25) is 0 Å². The molecule has 0 aromatic heterocycles. The monoisotopic (exact) mass is 220 g/mol. The van der Waals surface area contributed by atoms with Gasteiger partial charge >= 0.3 is 6.16 Å². The fourth-order valence-electron chi connectivity index (χ4n) is 1.05. The average Bonchev–Trinajstić information content (AvgIpc) is 2.16. The molecule has 0 aliphatic carbocycles. The minimum Gasteiger partial charge on any atom is -0.428 e. The van der Waals surface area contributed by atoms with E-state index in [2.05, 4.69) is 6.58 Å². The summed E-state index contributed by atoms with van der Waals surface area (Å²) in [6, 6.07) is 9.20. The zero-order chi connectivity index (χ0) is 12.2. The summed E-state index contributed by atoms with van der Waals surface area (Å²) in [6.07, 6.45) is -0.735. The zero-order valence-corrected chi connectivity index (χ0v) is 9.82. The highest BCUT2D eigenvalue weighted by Gasteiger charge is 2.18. The molecule has 1 aromatic rings. The molecule has 0 unspecified atom stereocenters. The molecule has 0 saturated carbocycles. The quantitative estimate of drug-likeness (QED) is 0.564. The largest absolute Gasteiger partial charge is 0.514 e. The van der Waals surface area contributed by atoms with Crippen molar-refractivity contribution in [3.8, 4) is 0 Å². The van der Waals surface area contributed by atoms with E-state index < -0.39 is 11.8 Å². The fourth-order valence-corrected chi connectivity index (χ4v) is 1.05. The lowest BCUT2D eigenvalue weighted by molar-refractivity contribution is 0.0149. The van der Waals surface area contributed by atoms with Gasteiger partial charge in [0.05, 0.1) is 0 Å². The molecule has 0 fully saturated rings. The molecule has 0 atom stereocenters. The van der Waals surface area contributed by atoms with Gasteiger partial charge in [0.15, 0.2) is 0 Å². The highest BCUT2D eigenvalue weighted by molar-refractivity contribution is 5.72. The summed E-state index contributed by atoms with van der Waals surface area (Å²) in [4.78, 5) is 11.3. The molecule has 1 rings (SSSR count). The van der Waals surface area contributed by atoms with Gasteiger partial charge in [0, 0.05) is 5.56 Å². The van der Waals surface area contributed by atoms with E-state index in [-0.39, 0.29) is 5.76 Å². The van der Waals surface area contributed by atoms with Crippen molar-refractivity contribution < 1.29 is 14.3 Å². The van der Waals surface area contributed by atoms with Crippen LogP contribution in [0.4, 0.5) is 4.79 Å². The molecule has 0 aliphatic heterocycles. The Bertz CT molecular complexity index is 374. The van der Waals surface area contributed by atoms with E-state index in [4.69, 9.17) is 9.47 Å². The van der Waals surface area contributed by atoms with Crippen LogP contribution in [0.3, 0.4) is 0 Å². The van der Waals surface area contributed by atoms with Gasteiger partial charge in [0.25, 0.3) is 0 Å². The second kappa shape index (κ2) is 4.84. The fraction of sp³-hybridized carbons (Fsp3) is 0.308. The molecule has 0 bridgehead atoms. The molecule has 1 aromatic carbocycles. The highest BCUT2D eigenvalue weighted by atomic mass is 16.7. The minimum absolute atomic E-state index is 0.287. The van der Waals surface area contributed by atoms with Crippen molar-refractivity contribution in [2.45, 2.75) is 26.4 Å². The van der Waals surface area contributed by atoms with E-state index in [9.17, 15) is 4.79 Å². The maximum atomic E-state index is 11.3. The lowest BCUT2D eigenvalue weighted by atomic mass is 10.2. The number of ether oxygens (including phenoxy) is 2. The van der Waals surface area contributed by atoms with Gasteiger partial charge < -0.3 is 9.47 Å². The van der Waals surface area contributed by atoms with Crippen LogP contribution in [-0.4, -0.2) is 11.8 Å². The van der Waals surface area contributed by atoms with Gasteiger partial charge in [-0.2, -0.15) is 0 Å². The summed E-state index contributed by atoms with van der Waals surface area (Å²) in [5.41, 5.74) is 0.196. The standard InChI is InChI=1S/C13H16O3/c1-10(11-8-6-5-7-9-11)15-12(14)16-13(2,3)4/h5-9H,1H2,2-4H3. The Hall–Kier alpha value is -1.77. The third-order valence-corrected chi connectivity index (χ3v) is 1.69. The molecule has 0 heterocycles. The van der Waals surface area contributed by atoms with Crippen LogP contribution in [0.1, 0.15) is 26.3 Å². The van der Waals surface area contributed by atoms with Crippen molar-refractivity contribution in [3.05, 3.63) is 42.5 Å². The van der Waals surface area contributed by atoms with Crippen LogP contribution in [0.5, 0.6) is 0 Å². The topological polar surface area (TPSA) is 35.5 Å². The molecule has 3 nitrogen and oxygen atoms in total. The second-order valence-electron chi connectivity index (χ2n) is 4.36. The summed E-state index contributed by atoms with van der Waals surface area (Å²) in [5.74, 6) is 0.287. The van der Waals surface area contributed by atoms with Crippen LogP contribution in [0.2, 0.25) is 0 Å².